The third-order valence-corrected chi connectivity index (χ3v) is 1.68. The van der Waals surface area contributed by atoms with Crippen molar-refractivity contribution in [3.05, 3.63) is 0 Å². The van der Waals surface area contributed by atoms with Crippen molar-refractivity contribution in [2.45, 2.75) is 44.2 Å². The molecular formula is C7H9F7. The summed E-state index contributed by atoms with van der Waals surface area (Å²) < 4.78 is 84.5. The number of hydrogen-bond acceptors (Lipinski definition) is 0. The highest BCUT2D eigenvalue weighted by Gasteiger charge is 2.63. The Kier molecular flexibility index (Phi) is 4.20. The van der Waals surface area contributed by atoms with Crippen LogP contribution in [0, 0.1) is 0 Å². The summed E-state index contributed by atoms with van der Waals surface area (Å²) in [6.45, 7) is 1.15. The van der Waals surface area contributed by atoms with E-state index in [2.05, 4.69) is 0 Å². The molecule has 0 fully saturated rings. The van der Waals surface area contributed by atoms with Gasteiger partial charge in [-0.1, -0.05) is 6.92 Å². The molecule has 0 spiro atoms. The molecule has 0 aromatic carbocycles. The van der Waals surface area contributed by atoms with Gasteiger partial charge in [0, 0.05) is 6.42 Å². The second kappa shape index (κ2) is 4.35. The lowest BCUT2D eigenvalue weighted by Crippen LogP contribution is -2.47. The van der Waals surface area contributed by atoms with Gasteiger partial charge in [-0.05, 0) is 6.42 Å². The highest BCUT2D eigenvalue weighted by Crippen LogP contribution is 2.42. The molecule has 0 aromatic heterocycles. The summed E-state index contributed by atoms with van der Waals surface area (Å²) in [5, 5.41) is 0. The average Bonchev–Trinajstić information content (AvgIpc) is 2.02. The van der Waals surface area contributed by atoms with Crippen LogP contribution in [0.25, 0.3) is 0 Å². The Labute approximate surface area is 76.1 Å². The maximum Gasteiger partial charge on any atom is 0.369 e. The molecule has 0 saturated heterocycles. The third-order valence-electron chi connectivity index (χ3n) is 1.68. The summed E-state index contributed by atoms with van der Waals surface area (Å²) >= 11 is 0. The van der Waals surface area contributed by atoms with Crippen LogP contribution in [0.3, 0.4) is 0 Å². The van der Waals surface area contributed by atoms with Gasteiger partial charge in [0.1, 0.15) is 6.17 Å². The Morgan fingerprint density at radius 1 is 1.00 bits per heavy atom. The van der Waals surface area contributed by atoms with Crippen LogP contribution in [-0.2, 0) is 0 Å². The summed E-state index contributed by atoms with van der Waals surface area (Å²) in [6.07, 6.45) is -9.02. The van der Waals surface area contributed by atoms with Gasteiger partial charge in [-0.15, -0.1) is 0 Å². The highest BCUT2D eigenvalue weighted by molar-refractivity contribution is 4.88. The quantitative estimate of drug-likeness (QED) is 0.627. The molecular weight excluding hydrogens is 217 g/mol. The van der Waals surface area contributed by atoms with E-state index in [4.69, 9.17) is 0 Å². The van der Waals surface area contributed by atoms with Gasteiger partial charge >= 0.3 is 18.3 Å². The van der Waals surface area contributed by atoms with E-state index in [1.165, 1.54) is 0 Å². The molecule has 1 atom stereocenters. The smallest absolute Gasteiger partial charge is 0.247 e. The van der Waals surface area contributed by atoms with Crippen molar-refractivity contribution in [2.24, 2.45) is 0 Å². The maximum atomic E-state index is 12.4. The van der Waals surface area contributed by atoms with Crippen molar-refractivity contribution in [3.8, 4) is 0 Å². The number of alkyl halides is 7. The molecule has 0 heterocycles. The van der Waals surface area contributed by atoms with Gasteiger partial charge in [-0.2, -0.15) is 17.6 Å². The van der Waals surface area contributed by atoms with Crippen LogP contribution in [0.4, 0.5) is 30.7 Å². The zero-order valence-corrected chi connectivity index (χ0v) is 7.21. The lowest BCUT2D eigenvalue weighted by atomic mass is 10.0. The molecule has 14 heavy (non-hydrogen) atoms. The molecule has 0 aromatic rings. The van der Waals surface area contributed by atoms with Crippen molar-refractivity contribution in [1.29, 1.82) is 0 Å². The summed E-state index contributed by atoms with van der Waals surface area (Å²) in [7, 11) is 0. The van der Waals surface area contributed by atoms with Crippen LogP contribution in [0.1, 0.15) is 19.8 Å². The van der Waals surface area contributed by atoms with E-state index in [1.807, 2.05) is 0 Å². The lowest BCUT2D eigenvalue weighted by Gasteiger charge is -2.26. The second-order valence-electron chi connectivity index (χ2n) is 2.84. The van der Waals surface area contributed by atoms with Crippen molar-refractivity contribution >= 4 is 0 Å². The first-order valence-corrected chi connectivity index (χ1v) is 3.83. The van der Waals surface area contributed by atoms with Crippen LogP contribution >= 0.6 is 0 Å². The van der Waals surface area contributed by atoms with Gasteiger partial charge in [0.15, 0.2) is 0 Å². The molecule has 0 unspecified atom stereocenters. The fourth-order valence-electron chi connectivity index (χ4n) is 0.718. The SMILES string of the molecule is CC[C@H](F)CC(F)(F)C(F)(F)C(F)F. The maximum absolute atomic E-state index is 12.4. The Hall–Kier alpha value is -0.490. The van der Waals surface area contributed by atoms with Crippen LogP contribution in [0.2, 0.25) is 0 Å². The molecule has 0 saturated carbocycles. The molecule has 0 aliphatic heterocycles. The van der Waals surface area contributed by atoms with E-state index in [0.29, 0.717) is 0 Å². The highest BCUT2D eigenvalue weighted by atomic mass is 19.3. The van der Waals surface area contributed by atoms with E-state index in [9.17, 15) is 30.7 Å². The number of halogens is 7. The summed E-state index contributed by atoms with van der Waals surface area (Å²) in [5.74, 6) is -10.5. The van der Waals surface area contributed by atoms with Crippen molar-refractivity contribution < 1.29 is 30.7 Å². The molecule has 0 aliphatic rings. The zero-order valence-electron chi connectivity index (χ0n) is 7.21. The Balaban J connectivity index is 4.59. The van der Waals surface area contributed by atoms with Gasteiger partial charge in [-0.3, -0.25) is 0 Å². The van der Waals surface area contributed by atoms with Gasteiger partial charge < -0.3 is 0 Å². The molecule has 0 N–H and O–H groups in total. The van der Waals surface area contributed by atoms with E-state index in [-0.39, 0.29) is 0 Å². The first-order chi connectivity index (χ1) is 6.15. The van der Waals surface area contributed by atoms with Gasteiger partial charge in [-0.25, -0.2) is 13.2 Å². The van der Waals surface area contributed by atoms with E-state index < -0.39 is 37.3 Å². The van der Waals surface area contributed by atoms with Gasteiger partial charge in [0.2, 0.25) is 0 Å². The lowest BCUT2D eigenvalue weighted by molar-refractivity contribution is -0.269. The van der Waals surface area contributed by atoms with Gasteiger partial charge in [0.25, 0.3) is 0 Å². The van der Waals surface area contributed by atoms with Crippen LogP contribution in [-0.4, -0.2) is 24.4 Å². The Bertz CT molecular complexity index is 177. The van der Waals surface area contributed by atoms with Crippen LogP contribution in [0.15, 0.2) is 0 Å². The Morgan fingerprint density at radius 2 is 1.43 bits per heavy atom. The second-order valence-corrected chi connectivity index (χ2v) is 2.84. The Morgan fingerprint density at radius 3 is 1.71 bits per heavy atom. The molecule has 0 bridgehead atoms. The molecule has 86 valence electrons. The predicted molar refractivity (Wildman–Crippen MR) is 35.7 cm³/mol. The molecule has 0 nitrogen and oxygen atoms in total. The minimum absolute atomic E-state index is 0.422. The van der Waals surface area contributed by atoms with Crippen molar-refractivity contribution in [3.63, 3.8) is 0 Å². The monoisotopic (exact) mass is 226 g/mol. The standard InChI is InChI=1S/C7H9F7/c1-2-4(8)3-6(11,12)7(13,14)5(9)10/h4-5H,2-3H2,1H3/t4-/m0/s1. The summed E-state index contributed by atoms with van der Waals surface area (Å²) in [4.78, 5) is 0. The third kappa shape index (κ3) is 2.75. The van der Waals surface area contributed by atoms with E-state index in [0.717, 1.165) is 6.92 Å². The number of rotatable bonds is 5. The normalized spacial score (nSPS) is 16.1. The van der Waals surface area contributed by atoms with Crippen molar-refractivity contribution in [2.75, 3.05) is 0 Å². The van der Waals surface area contributed by atoms with Crippen LogP contribution < -0.4 is 0 Å². The minimum Gasteiger partial charge on any atom is -0.247 e. The van der Waals surface area contributed by atoms with Crippen molar-refractivity contribution in [1.82, 2.24) is 0 Å². The summed E-state index contributed by atoms with van der Waals surface area (Å²) in [6, 6.07) is 0. The summed E-state index contributed by atoms with van der Waals surface area (Å²) in [5.41, 5.74) is 0. The molecule has 0 rings (SSSR count). The molecule has 0 aliphatic carbocycles. The first kappa shape index (κ1) is 13.5. The zero-order chi connectivity index (χ0) is 11.6. The minimum atomic E-state index is -5.48. The predicted octanol–water partition coefficient (Wildman–Crippen LogP) is 3.66. The van der Waals surface area contributed by atoms with E-state index >= 15 is 0 Å². The largest absolute Gasteiger partial charge is 0.369 e. The van der Waals surface area contributed by atoms with E-state index in [1.54, 1.807) is 0 Å². The van der Waals surface area contributed by atoms with Gasteiger partial charge in [0.05, 0.1) is 0 Å². The fourth-order valence-corrected chi connectivity index (χ4v) is 0.718. The average molecular weight is 226 g/mol. The molecule has 7 heteroatoms. The topological polar surface area (TPSA) is 0 Å². The first-order valence-electron chi connectivity index (χ1n) is 3.83. The fraction of sp³-hybridized carbons (Fsp3) is 1.00. The van der Waals surface area contributed by atoms with Crippen LogP contribution in [0.5, 0.6) is 0 Å². The molecule has 0 radical (unpaired) electrons. The molecule has 0 amide bonds. The number of hydrogen-bond donors (Lipinski definition) is 0.